The van der Waals surface area contributed by atoms with Crippen LogP contribution in [0.25, 0.3) is 0 Å². The second-order valence-electron chi connectivity index (χ2n) is 4.24. The molecule has 0 heterocycles. The van der Waals surface area contributed by atoms with Gasteiger partial charge in [0.2, 0.25) is 0 Å². The largest absolute Gasteiger partial charge is 0.394 e. The van der Waals surface area contributed by atoms with Crippen molar-refractivity contribution in [1.82, 2.24) is 0 Å². The first-order valence-electron chi connectivity index (χ1n) is 5.45. The minimum absolute atomic E-state index is 0.0792. The maximum atomic E-state index is 9.47. The van der Waals surface area contributed by atoms with Crippen LogP contribution in [0.3, 0.4) is 0 Å². The van der Waals surface area contributed by atoms with Gasteiger partial charge in [0.15, 0.2) is 0 Å². The normalized spacial score (nSPS) is 16.5. The fraction of sp³-hybridized carbons (Fsp3) is 0.500. The molecule has 0 bridgehead atoms. The van der Waals surface area contributed by atoms with Crippen LogP contribution in [0, 0.1) is 5.92 Å². The molecule has 2 nitrogen and oxygen atoms in total. The molecular weight excluding hydrogens is 258 g/mol. The molecule has 0 saturated heterocycles. The molecule has 17 heavy (non-hydrogen) atoms. The summed E-state index contributed by atoms with van der Waals surface area (Å²) in [6.07, 6.45) is -0.177. The summed E-state index contributed by atoms with van der Waals surface area (Å²) in [5.74, 6) is -0.314. The first-order chi connectivity index (χ1) is 7.95. The molecule has 1 unspecified atom stereocenters. The van der Waals surface area contributed by atoms with Gasteiger partial charge in [-0.15, -0.1) is 0 Å². The number of aliphatic hydroxyl groups excluding tert-OH is 2. The van der Waals surface area contributed by atoms with Crippen molar-refractivity contribution in [1.29, 1.82) is 0 Å². The van der Waals surface area contributed by atoms with Crippen LogP contribution in [-0.2, 0) is 0 Å². The maximum absolute atomic E-state index is 9.47. The van der Waals surface area contributed by atoms with E-state index >= 15 is 0 Å². The van der Waals surface area contributed by atoms with Crippen LogP contribution in [0.5, 0.6) is 0 Å². The zero-order chi connectivity index (χ0) is 13.0. The highest BCUT2D eigenvalue weighted by Gasteiger charge is 2.17. The molecule has 0 spiro atoms. The Balaban J connectivity index is 2.69. The summed E-state index contributed by atoms with van der Waals surface area (Å²) < 4.78 is 0. The van der Waals surface area contributed by atoms with Crippen LogP contribution in [0.15, 0.2) is 18.2 Å². The third-order valence-electron chi connectivity index (χ3n) is 2.84. The van der Waals surface area contributed by atoms with E-state index < -0.39 is 6.10 Å². The highest BCUT2D eigenvalue weighted by atomic mass is 35.5. The van der Waals surface area contributed by atoms with E-state index in [4.69, 9.17) is 36.2 Å². The van der Waals surface area contributed by atoms with Crippen molar-refractivity contribution in [2.45, 2.75) is 25.3 Å². The molecule has 2 radical (unpaired) electrons. The average Bonchev–Trinajstić information content (AvgIpc) is 2.31. The Hall–Kier alpha value is -0.215. The maximum Gasteiger partial charge on any atom is 0.0796 e. The predicted molar refractivity (Wildman–Crippen MR) is 71.8 cm³/mol. The summed E-state index contributed by atoms with van der Waals surface area (Å²) in [5.41, 5.74) is 0.872. The van der Waals surface area contributed by atoms with Crippen molar-refractivity contribution < 1.29 is 10.2 Å². The molecule has 3 atom stereocenters. The lowest BCUT2D eigenvalue weighted by atomic mass is 9.74. The Bertz CT molecular complexity index is 374. The summed E-state index contributed by atoms with van der Waals surface area (Å²) in [7, 11) is 6.01. The third-order valence-corrected chi connectivity index (χ3v) is 3.58. The van der Waals surface area contributed by atoms with Crippen LogP contribution in [0.2, 0.25) is 10.0 Å². The Kier molecular flexibility index (Phi) is 5.80. The average molecular weight is 273 g/mol. The highest BCUT2D eigenvalue weighted by Crippen LogP contribution is 2.28. The van der Waals surface area contributed by atoms with Crippen molar-refractivity contribution in [3.8, 4) is 0 Å². The quantitative estimate of drug-likeness (QED) is 0.809. The first kappa shape index (κ1) is 14.8. The van der Waals surface area contributed by atoms with Crippen molar-refractivity contribution >= 4 is 31.0 Å². The van der Waals surface area contributed by atoms with Crippen molar-refractivity contribution in [3.63, 3.8) is 0 Å². The van der Waals surface area contributed by atoms with Gasteiger partial charge in [0, 0.05) is 0 Å². The second kappa shape index (κ2) is 6.65. The van der Waals surface area contributed by atoms with Gasteiger partial charge in [-0.3, -0.25) is 0 Å². The van der Waals surface area contributed by atoms with Crippen LogP contribution in [0.4, 0.5) is 0 Å². The lowest BCUT2D eigenvalue weighted by Gasteiger charge is -2.21. The summed E-state index contributed by atoms with van der Waals surface area (Å²) in [5, 5.41) is 19.3. The highest BCUT2D eigenvalue weighted by molar-refractivity contribution is 6.42. The zero-order valence-corrected chi connectivity index (χ0v) is 11.1. The minimum Gasteiger partial charge on any atom is -0.394 e. The summed E-state index contributed by atoms with van der Waals surface area (Å²) >= 11 is 11.7. The SMILES string of the molecule is [B][C@@H](C[C@H](C)C(O)CO)c1ccc(Cl)c(Cl)c1. The van der Waals surface area contributed by atoms with E-state index in [2.05, 4.69) is 0 Å². The van der Waals surface area contributed by atoms with E-state index in [1.165, 1.54) is 0 Å². The molecule has 1 aromatic carbocycles. The van der Waals surface area contributed by atoms with Crippen LogP contribution in [0.1, 0.15) is 24.7 Å². The van der Waals surface area contributed by atoms with E-state index in [0.717, 1.165) is 5.56 Å². The van der Waals surface area contributed by atoms with Crippen LogP contribution < -0.4 is 0 Å². The summed E-state index contributed by atoms with van der Waals surface area (Å²) in [6, 6.07) is 5.25. The number of hydrogen-bond acceptors (Lipinski definition) is 2. The fourth-order valence-electron chi connectivity index (χ4n) is 1.62. The van der Waals surface area contributed by atoms with Gasteiger partial charge in [-0.05, 0) is 24.5 Å². The molecule has 2 N–H and O–H groups in total. The number of hydrogen-bond donors (Lipinski definition) is 2. The Morgan fingerprint density at radius 2 is 1.94 bits per heavy atom. The second-order valence-corrected chi connectivity index (χ2v) is 5.06. The smallest absolute Gasteiger partial charge is 0.0796 e. The Morgan fingerprint density at radius 3 is 2.47 bits per heavy atom. The topological polar surface area (TPSA) is 40.5 Å². The molecule has 0 aliphatic carbocycles. The molecule has 5 heteroatoms. The minimum atomic E-state index is -0.746. The van der Waals surface area contributed by atoms with Crippen molar-refractivity contribution in [3.05, 3.63) is 33.8 Å². The van der Waals surface area contributed by atoms with E-state index in [1.807, 2.05) is 13.0 Å². The van der Waals surface area contributed by atoms with Gasteiger partial charge in [0.05, 0.1) is 30.6 Å². The number of aliphatic hydroxyl groups is 2. The molecule has 0 saturated carbocycles. The van der Waals surface area contributed by atoms with Crippen LogP contribution >= 0.6 is 23.2 Å². The van der Waals surface area contributed by atoms with Gasteiger partial charge in [-0.2, -0.15) is 0 Å². The van der Waals surface area contributed by atoms with Gasteiger partial charge < -0.3 is 10.2 Å². The molecule has 0 aromatic heterocycles. The van der Waals surface area contributed by atoms with Crippen LogP contribution in [-0.4, -0.2) is 30.8 Å². The number of rotatable bonds is 5. The number of halogens is 2. The zero-order valence-electron chi connectivity index (χ0n) is 9.61. The van der Waals surface area contributed by atoms with E-state index in [9.17, 15) is 5.11 Å². The Labute approximate surface area is 113 Å². The van der Waals surface area contributed by atoms with E-state index in [-0.39, 0.29) is 18.3 Å². The first-order valence-corrected chi connectivity index (χ1v) is 6.20. The van der Waals surface area contributed by atoms with Gasteiger partial charge in [0.1, 0.15) is 0 Å². The van der Waals surface area contributed by atoms with E-state index in [0.29, 0.717) is 16.5 Å². The summed E-state index contributed by atoms with van der Waals surface area (Å²) in [6.45, 7) is 1.59. The van der Waals surface area contributed by atoms with Crippen molar-refractivity contribution in [2.75, 3.05) is 6.61 Å². The predicted octanol–water partition coefficient (Wildman–Crippen LogP) is 2.58. The molecule has 0 aliphatic rings. The van der Waals surface area contributed by atoms with Gasteiger partial charge in [-0.25, -0.2) is 0 Å². The van der Waals surface area contributed by atoms with Gasteiger partial charge >= 0.3 is 0 Å². The molecule has 1 aromatic rings. The lowest BCUT2D eigenvalue weighted by molar-refractivity contribution is 0.0500. The molecule has 92 valence electrons. The lowest BCUT2D eigenvalue weighted by Crippen LogP contribution is -2.23. The van der Waals surface area contributed by atoms with E-state index in [1.54, 1.807) is 12.1 Å². The van der Waals surface area contributed by atoms with Crippen molar-refractivity contribution in [2.24, 2.45) is 5.92 Å². The molecule has 1 rings (SSSR count). The summed E-state index contributed by atoms with van der Waals surface area (Å²) in [4.78, 5) is 0. The monoisotopic (exact) mass is 272 g/mol. The number of benzene rings is 1. The van der Waals surface area contributed by atoms with Gasteiger partial charge in [0.25, 0.3) is 0 Å². The fourth-order valence-corrected chi connectivity index (χ4v) is 1.92. The molecule has 0 fully saturated rings. The third kappa shape index (κ3) is 4.18. The molecule has 0 amide bonds. The molecular formula is C12H15BCl2O2. The Morgan fingerprint density at radius 1 is 1.29 bits per heavy atom. The van der Waals surface area contributed by atoms with Gasteiger partial charge in [-0.1, -0.05) is 47.6 Å². The molecule has 0 aliphatic heterocycles. The standard InChI is InChI=1S/C12H15BCl2O2/c1-7(12(17)6-16)4-9(13)8-2-3-10(14)11(15)5-8/h2-3,5,7,9,12,16-17H,4,6H2,1H3/t7-,9-,12?/m0/s1.